The highest BCUT2D eigenvalue weighted by molar-refractivity contribution is 5.93. The Balaban J connectivity index is 1.77. The van der Waals surface area contributed by atoms with Crippen LogP contribution in [0.1, 0.15) is 42.7 Å². The lowest BCUT2D eigenvalue weighted by Gasteiger charge is -2.21. The minimum atomic E-state index is -0.373. The van der Waals surface area contributed by atoms with Gasteiger partial charge in [0.25, 0.3) is 0 Å². The van der Waals surface area contributed by atoms with Crippen molar-refractivity contribution in [3.05, 3.63) is 30.0 Å². The zero-order valence-electron chi connectivity index (χ0n) is 10.7. The molecule has 4 nitrogen and oxygen atoms in total. The van der Waals surface area contributed by atoms with Gasteiger partial charge in [-0.15, -0.1) is 0 Å². The molecule has 1 aliphatic rings. The second-order valence-corrected chi connectivity index (χ2v) is 5.07. The molecule has 1 aliphatic carbocycles. The Morgan fingerprint density at radius 3 is 2.79 bits per heavy atom. The molecule has 0 atom stereocenters. The van der Waals surface area contributed by atoms with E-state index in [4.69, 9.17) is 14.9 Å². The van der Waals surface area contributed by atoms with E-state index >= 15 is 0 Å². The number of fused-ring (bicyclic) bond motifs is 1. The van der Waals surface area contributed by atoms with Crippen molar-refractivity contribution in [2.24, 2.45) is 0 Å². The van der Waals surface area contributed by atoms with Gasteiger partial charge in [0.2, 0.25) is 5.76 Å². The third-order valence-corrected chi connectivity index (χ3v) is 3.57. The van der Waals surface area contributed by atoms with E-state index in [0.717, 1.165) is 31.1 Å². The van der Waals surface area contributed by atoms with Gasteiger partial charge in [0.05, 0.1) is 0 Å². The fraction of sp³-hybridized carbons (Fsp3) is 0.400. The van der Waals surface area contributed by atoms with Crippen LogP contribution in [-0.2, 0) is 4.74 Å². The Morgan fingerprint density at radius 1 is 1.21 bits per heavy atom. The molecule has 1 saturated carbocycles. The summed E-state index contributed by atoms with van der Waals surface area (Å²) in [6, 6.07) is 7.00. The lowest BCUT2D eigenvalue weighted by atomic mass is 9.98. The van der Waals surface area contributed by atoms with E-state index < -0.39 is 0 Å². The van der Waals surface area contributed by atoms with Gasteiger partial charge in [-0.2, -0.15) is 0 Å². The summed E-state index contributed by atoms with van der Waals surface area (Å²) in [5.41, 5.74) is 7.01. The lowest BCUT2D eigenvalue weighted by Crippen LogP contribution is -2.20. The molecule has 0 bridgehead atoms. The number of ether oxygens (including phenoxy) is 1. The molecule has 0 unspecified atom stereocenters. The average Bonchev–Trinajstić information content (AvgIpc) is 2.83. The van der Waals surface area contributed by atoms with Crippen LogP contribution in [0.15, 0.2) is 28.7 Å². The summed E-state index contributed by atoms with van der Waals surface area (Å²) in [5, 5.41) is 0.829. The Bertz CT molecular complexity index is 596. The molecule has 3 rings (SSSR count). The van der Waals surface area contributed by atoms with E-state index in [-0.39, 0.29) is 17.8 Å². The Hall–Kier alpha value is -1.97. The molecule has 2 N–H and O–H groups in total. The molecule has 1 aromatic carbocycles. The van der Waals surface area contributed by atoms with E-state index in [1.54, 1.807) is 24.3 Å². The van der Waals surface area contributed by atoms with Gasteiger partial charge in [0.15, 0.2) is 0 Å². The van der Waals surface area contributed by atoms with Crippen molar-refractivity contribution in [2.45, 2.75) is 38.2 Å². The van der Waals surface area contributed by atoms with Gasteiger partial charge in [0.1, 0.15) is 11.7 Å². The standard InChI is InChI=1S/C15H17NO3/c16-11-6-7-13-10(8-11)9-14(19-13)15(17)18-12-4-2-1-3-5-12/h6-9,12H,1-5,16H2. The number of esters is 1. The minimum absolute atomic E-state index is 0.0412. The molecule has 0 spiro atoms. The van der Waals surface area contributed by atoms with E-state index in [1.165, 1.54) is 6.42 Å². The molecular weight excluding hydrogens is 242 g/mol. The number of furan rings is 1. The van der Waals surface area contributed by atoms with Crippen LogP contribution in [0.25, 0.3) is 11.0 Å². The number of hydrogen-bond acceptors (Lipinski definition) is 4. The molecule has 4 heteroatoms. The maximum atomic E-state index is 12.0. The molecule has 1 aromatic heterocycles. The van der Waals surface area contributed by atoms with Gasteiger partial charge >= 0.3 is 5.97 Å². The molecule has 100 valence electrons. The molecule has 0 radical (unpaired) electrons. The number of carbonyl (C=O) groups excluding carboxylic acids is 1. The first-order valence-electron chi connectivity index (χ1n) is 6.72. The first kappa shape index (κ1) is 12.1. The van der Waals surface area contributed by atoms with Crippen molar-refractivity contribution in [1.82, 2.24) is 0 Å². The molecule has 2 aromatic rings. The van der Waals surface area contributed by atoms with Crippen molar-refractivity contribution in [2.75, 3.05) is 5.73 Å². The zero-order chi connectivity index (χ0) is 13.2. The topological polar surface area (TPSA) is 65.5 Å². The maximum absolute atomic E-state index is 12.0. The van der Waals surface area contributed by atoms with Crippen LogP contribution in [0.2, 0.25) is 0 Å². The van der Waals surface area contributed by atoms with Gasteiger partial charge in [-0.1, -0.05) is 6.42 Å². The number of benzene rings is 1. The first-order chi connectivity index (χ1) is 9.22. The number of carbonyl (C=O) groups is 1. The van der Waals surface area contributed by atoms with Crippen molar-refractivity contribution in [3.8, 4) is 0 Å². The van der Waals surface area contributed by atoms with Gasteiger partial charge in [-0.3, -0.25) is 0 Å². The Kier molecular flexibility index (Phi) is 3.15. The van der Waals surface area contributed by atoms with Crippen LogP contribution >= 0.6 is 0 Å². The second-order valence-electron chi connectivity index (χ2n) is 5.07. The quantitative estimate of drug-likeness (QED) is 0.662. The van der Waals surface area contributed by atoms with E-state index in [9.17, 15) is 4.79 Å². The van der Waals surface area contributed by atoms with Crippen LogP contribution in [0, 0.1) is 0 Å². The fourth-order valence-corrected chi connectivity index (χ4v) is 2.55. The van der Waals surface area contributed by atoms with Crippen molar-refractivity contribution >= 4 is 22.6 Å². The third kappa shape index (κ3) is 2.57. The zero-order valence-corrected chi connectivity index (χ0v) is 10.7. The minimum Gasteiger partial charge on any atom is -0.457 e. The monoisotopic (exact) mass is 259 g/mol. The smallest absolute Gasteiger partial charge is 0.374 e. The molecule has 1 fully saturated rings. The summed E-state index contributed by atoms with van der Waals surface area (Å²) in [6.07, 6.45) is 5.46. The SMILES string of the molecule is Nc1ccc2oc(C(=O)OC3CCCCC3)cc2c1. The highest BCUT2D eigenvalue weighted by atomic mass is 16.6. The Morgan fingerprint density at radius 2 is 2.00 bits per heavy atom. The van der Waals surface area contributed by atoms with Crippen molar-refractivity contribution in [3.63, 3.8) is 0 Å². The summed E-state index contributed by atoms with van der Waals surface area (Å²) in [7, 11) is 0. The van der Waals surface area contributed by atoms with Crippen LogP contribution in [0.5, 0.6) is 0 Å². The number of hydrogen-bond donors (Lipinski definition) is 1. The van der Waals surface area contributed by atoms with Gasteiger partial charge < -0.3 is 14.9 Å². The number of nitrogen functional groups attached to an aromatic ring is 1. The molecule has 0 saturated heterocycles. The normalized spacial score (nSPS) is 16.6. The highest BCUT2D eigenvalue weighted by Crippen LogP contribution is 2.25. The van der Waals surface area contributed by atoms with Gasteiger partial charge in [0, 0.05) is 11.1 Å². The number of anilines is 1. The van der Waals surface area contributed by atoms with Crippen LogP contribution < -0.4 is 5.73 Å². The molecule has 0 aliphatic heterocycles. The van der Waals surface area contributed by atoms with Gasteiger partial charge in [-0.25, -0.2) is 4.79 Å². The predicted molar refractivity (Wildman–Crippen MR) is 72.9 cm³/mol. The summed E-state index contributed by atoms with van der Waals surface area (Å²) >= 11 is 0. The molecule has 0 amide bonds. The number of rotatable bonds is 2. The lowest BCUT2D eigenvalue weighted by molar-refractivity contribution is 0.0179. The summed E-state index contributed by atoms with van der Waals surface area (Å²) in [5.74, 6) is -0.118. The van der Waals surface area contributed by atoms with E-state index in [0.29, 0.717) is 11.3 Å². The largest absolute Gasteiger partial charge is 0.457 e. The van der Waals surface area contributed by atoms with Gasteiger partial charge in [-0.05, 0) is 49.9 Å². The molecule has 1 heterocycles. The third-order valence-electron chi connectivity index (χ3n) is 3.57. The molecular formula is C15H17NO3. The number of nitrogens with two attached hydrogens (primary N) is 1. The van der Waals surface area contributed by atoms with Crippen LogP contribution in [0.4, 0.5) is 5.69 Å². The first-order valence-corrected chi connectivity index (χ1v) is 6.72. The predicted octanol–water partition coefficient (Wildman–Crippen LogP) is 3.50. The van der Waals surface area contributed by atoms with Crippen molar-refractivity contribution < 1.29 is 13.9 Å². The fourth-order valence-electron chi connectivity index (χ4n) is 2.55. The van der Waals surface area contributed by atoms with Crippen LogP contribution in [0.3, 0.4) is 0 Å². The van der Waals surface area contributed by atoms with E-state index in [2.05, 4.69) is 0 Å². The van der Waals surface area contributed by atoms with Crippen LogP contribution in [-0.4, -0.2) is 12.1 Å². The summed E-state index contributed by atoms with van der Waals surface area (Å²) in [4.78, 5) is 12.0. The average molecular weight is 259 g/mol. The summed E-state index contributed by atoms with van der Waals surface area (Å²) in [6.45, 7) is 0. The van der Waals surface area contributed by atoms with Crippen molar-refractivity contribution in [1.29, 1.82) is 0 Å². The van der Waals surface area contributed by atoms with E-state index in [1.807, 2.05) is 0 Å². The maximum Gasteiger partial charge on any atom is 0.374 e. The summed E-state index contributed by atoms with van der Waals surface area (Å²) < 4.78 is 11.0. The second kappa shape index (κ2) is 4.96. The molecule has 19 heavy (non-hydrogen) atoms. The highest BCUT2D eigenvalue weighted by Gasteiger charge is 2.21. The Labute approximate surface area is 111 Å².